The van der Waals surface area contributed by atoms with E-state index in [1.54, 1.807) is 12.1 Å². The third kappa shape index (κ3) is 3.65. The number of hydrogen-bond acceptors (Lipinski definition) is 4. The molecule has 1 amide bonds. The van der Waals surface area contributed by atoms with Crippen LogP contribution in [0.2, 0.25) is 0 Å². The van der Waals surface area contributed by atoms with Crippen molar-refractivity contribution in [2.45, 2.75) is 31.5 Å². The first-order valence-corrected chi connectivity index (χ1v) is 9.99. The second-order valence-corrected chi connectivity index (χ2v) is 7.76. The van der Waals surface area contributed by atoms with Crippen molar-refractivity contribution in [1.29, 1.82) is 0 Å². The minimum Gasteiger partial charge on any atom is -0.444 e. The van der Waals surface area contributed by atoms with E-state index in [2.05, 4.69) is 10.2 Å². The maximum atomic E-state index is 14.7. The van der Waals surface area contributed by atoms with E-state index in [1.165, 1.54) is 6.07 Å². The van der Waals surface area contributed by atoms with E-state index in [0.717, 1.165) is 29.9 Å². The standard InChI is InChI=1S/C20H21FN2O2S/c21-18-10-15(22-20(24)25-11-14-4-2-1-3-5-14)6-9-19(18)23-16-7-8-17(23)13-26-12-16/h1-6,9-10,16-17H,7-8,11-13H2,(H,22,24). The summed E-state index contributed by atoms with van der Waals surface area (Å²) in [4.78, 5) is 14.2. The maximum absolute atomic E-state index is 14.7. The Hall–Kier alpha value is -2.21. The topological polar surface area (TPSA) is 41.6 Å². The van der Waals surface area contributed by atoms with Gasteiger partial charge in [0.25, 0.3) is 0 Å². The van der Waals surface area contributed by atoms with Gasteiger partial charge in [-0.05, 0) is 36.6 Å². The fourth-order valence-corrected chi connectivity index (χ4v) is 5.03. The molecule has 6 heteroatoms. The number of rotatable bonds is 4. The molecular formula is C20H21FN2O2S. The lowest BCUT2D eigenvalue weighted by Gasteiger charge is -2.36. The van der Waals surface area contributed by atoms with Crippen LogP contribution in [0.3, 0.4) is 0 Å². The summed E-state index contributed by atoms with van der Waals surface area (Å²) in [5.41, 5.74) is 1.95. The SMILES string of the molecule is O=C(Nc1ccc(N2C3CCC2CSC3)c(F)c1)OCc1ccccc1. The number of halogens is 1. The molecule has 1 N–H and O–H groups in total. The number of fused-ring (bicyclic) bond motifs is 2. The zero-order valence-electron chi connectivity index (χ0n) is 14.4. The predicted molar refractivity (Wildman–Crippen MR) is 103 cm³/mol. The lowest BCUT2D eigenvalue weighted by Crippen LogP contribution is -2.43. The highest BCUT2D eigenvalue weighted by atomic mass is 32.2. The molecule has 2 saturated heterocycles. The number of hydrogen-bond donors (Lipinski definition) is 1. The number of ether oxygens (including phenoxy) is 1. The van der Waals surface area contributed by atoms with Gasteiger partial charge in [0, 0.05) is 29.3 Å². The van der Waals surface area contributed by atoms with Crippen molar-refractivity contribution in [1.82, 2.24) is 0 Å². The van der Waals surface area contributed by atoms with Gasteiger partial charge in [-0.2, -0.15) is 11.8 Å². The van der Waals surface area contributed by atoms with Gasteiger partial charge in [-0.15, -0.1) is 0 Å². The van der Waals surface area contributed by atoms with Crippen LogP contribution in [0.25, 0.3) is 0 Å². The number of carbonyl (C=O) groups excluding carboxylic acids is 1. The molecule has 2 bridgehead atoms. The molecule has 0 spiro atoms. The van der Waals surface area contributed by atoms with E-state index in [0.29, 0.717) is 23.5 Å². The number of thioether (sulfide) groups is 1. The molecule has 2 aliphatic rings. The second-order valence-electron chi connectivity index (χ2n) is 6.68. The monoisotopic (exact) mass is 372 g/mol. The zero-order valence-corrected chi connectivity index (χ0v) is 15.2. The average Bonchev–Trinajstić information content (AvgIpc) is 2.89. The smallest absolute Gasteiger partial charge is 0.411 e. The van der Waals surface area contributed by atoms with Crippen LogP contribution in [-0.2, 0) is 11.3 Å². The van der Waals surface area contributed by atoms with E-state index in [9.17, 15) is 9.18 Å². The van der Waals surface area contributed by atoms with Crippen LogP contribution >= 0.6 is 11.8 Å². The van der Waals surface area contributed by atoms with Crippen LogP contribution in [0.4, 0.5) is 20.6 Å². The molecule has 0 aromatic heterocycles. The molecule has 136 valence electrons. The normalized spacial score (nSPS) is 21.5. The Morgan fingerprint density at radius 3 is 2.58 bits per heavy atom. The summed E-state index contributed by atoms with van der Waals surface area (Å²) in [6, 6.07) is 15.2. The molecular weight excluding hydrogens is 351 g/mol. The molecule has 26 heavy (non-hydrogen) atoms. The fraction of sp³-hybridized carbons (Fsp3) is 0.350. The van der Waals surface area contributed by atoms with Gasteiger partial charge in [0.2, 0.25) is 0 Å². The fourth-order valence-electron chi connectivity index (χ4n) is 3.69. The van der Waals surface area contributed by atoms with Crippen molar-refractivity contribution in [3.8, 4) is 0 Å². The quantitative estimate of drug-likeness (QED) is 0.848. The summed E-state index contributed by atoms with van der Waals surface area (Å²) in [6.07, 6.45) is 1.67. The Kier molecular flexibility index (Phi) is 5.02. The lowest BCUT2D eigenvalue weighted by molar-refractivity contribution is 0.155. The van der Waals surface area contributed by atoms with Gasteiger partial charge in [0.15, 0.2) is 0 Å². The first-order valence-electron chi connectivity index (χ1n) is 8.84. The van der Waals surface area contributed by atoms with E-state index in [4.69, 9.17) is 4.74 Å². The number of benzene rings is 2. The molecule has 2 atom stereocenters. The summed E-state index contributed by atoms with van der Waals surface area (Å²) in [6.45, 7) is 0.183. The van der Waals surface area contributed by atoms with E-state index < -0.39 is 6.09 Å². The molecule has 2 aliphatic heterocycles. The Balaban J connectivity index is 1.39. The first kappa shape index (κ1) is 17.2. The summed E-state index contributed by atoms with van der Waals surface area (Å²) in [5.74, 6) is 1.82. The minimum absolute atomic E-state index is 0.183. The van der Waals surface area contributed by atoms with Gasteiger partial charge in [-0.3, -0.25) is 5.32 Å². The highest BCUT2D eigenvalue weighted by Gasteiger charge is 2.38. The van der Waals surface area contributed by atoms with Gasteiger partial charge in [-0.25, -0.2) is 9.18 Å². The van der Waals surface area contributed by atoms with Crippen LogP contribution in [-0.4, -0.2) is 29.7 Å². The molecule has 2 unspecified atom stereocenters. The Morgan fingerprint density at radius 1 is 1.15 bits per heavy atom. The Morgan fingerprint density at radius 2 is 1.88 bits per heavy atom. The maximum Gasteiger partial charge on any atom is 0.411 e. The van der Waals surface area contributed by atoms with E-state index in [1.807, 2.05) is 42.1 Å². The molecule has 0 radical (unpaired) electrons. The zero-order chi connectivity index (χ0) is 17.9. The molecule has 4 nitrogen and oxygen atoms in total. The van der Waals surface area contributed by atoms with Crippen molar-refractivity contribution < 1.29 is 13.9 Å². The summed E-state index contributed by atoms with van der Waals surface area (Å²) >= 11 is 1.96. The number of anilines is 2. The first-order chi connectivity index (χ1) is 12.7. The third-order valence-electron chi connectivity index (χ3n) is 4.93. The molecule has 2 fully saturated rings. The molecule has 2 heterocycles. The number of nitrogens with zero attached hydrogens (tertiary/aromatic N) is 1. The van der Waals surface area contributed by atoms with Crippen LogP contribution in [0, 0.1) is 5.82 Å². The largest absolute Gasteiger partial charge is 0.444 e. The molecule has 0 aliphatic carbocycles. The van der Waals surface area contributed by atoms with Gasteiger partial charge >= 0.3 is 6.09 Å². The number of nitrogens with one attached hydrogen (secondary N) is 1. The van der Waals surface area contributed by atoms with Crippen LogP contribution < -0.4 is 10.2 Å². The highest BCUT2D eigenvalue weighted by Crippen LogP contribution is 2.39. The third-order valence-corrected chi connectivity index (χ3v) is 6.17. The van der Waals surface area contributed by atoms with Crippen LogP contribution in [0.15, 0.2) is 48.5 Å². The molecule has 2 aromatic carbocycles. The van der Waals surface area contributed by atoms with E-state index in [-0.39, 0.29) is 12.4 Å². The number of amides is 1. The van der Waals surface area contributed by atoms with Crippen molar-refractivity contribution in [2.24, 2.45) is 0 Å². The lowest BCUT2D eigenvalue weighted by atomic mass is 10.2. The van der Waals surface area contributed by atoms with Gasteiger partial charge < -0.3 is 9.64 Å². The van der Waals surface area contributed by atoms with Gasteiger partial charge in [-0.1, -0.05) is 30.3 Å². The summed E-state index contributed by atoms with van der Waals surface area (Å²) in [5, 5.41) is 2.60. The Bertz CT molecular complexity index is 771. The number of carbonyl (C=O) groups is 1. The van der Waals surface area contributed by atoms with E-state index >= 15 is 0 Å². The summed E-state index contributed by atoms with van der Waals surface area (Å²) in [7, 11) is 0. The van der Waals surface area contributed by atoms with Crippen molar-refractivity contribution in [3.05, 3.63) is 59.9 Å². The minimum atomic E-state index is -0.588. The molecule has 0 saturated carbocycles. The van der Waals surface area contributed by atoms with Crippen molar-refractivity contribution in [2.75, 3.05) is 21.7 Å². The van der Waals surface area contributed by atoms with Gasteiger partial charge in [0.05, 0.1) is 5.69 Å². The molecule has 4 rings (SSSR count). The molecule has 2 aromatic rings. The van der Waals surface area contributed by atoms with Crippen LogP contribution in [0.1, 0.15) is 18.4 Å². The average molecular weight is 372 g/mol. The summed E-state index contributed by atoms with van der Waals surface area (Å²) < 4.78 is 19.8. The predicted octanol–water partition coefficient (Wildman–Crippen LogP) is 4.66. The van der Waals surface area contributed by atoms with Gasteiger partial charge in [0.1, 0.15) is 12.4 Å². The van der Waals surface area contributed by atoms with Crippen LogP contribution in [0.5, 0.6) is 0 Å². The van der Waals surface area contributed by atoms with Crippen molar-refractivity contribution in [3.63, 3.8) is 0 Å². The highest BCUT2D eigenvalue weighted by molar-refractivity contribution is 7.99. The second kappa shape index (κ2) is 7.58. The van der Waals surface area contributed by atoms with Crippen molar-refractivity contribution >= 4 is 29.2 Å². The Labute approximate surface area is 156 Å².